The minimum absolute atomic E-state index is 0.864. The molecule has 0 aliphatic heterocycles. The first-order chi connectivity index (χ1) is 30.4. The Labute approximate surface area is 368 Å². The van der Waals surface area contributed by atoms with Gasteiger partial charge in [-0.15, -0.1) is 0 Å². The van der Waals surface area contributed by atoms with Gasteiger partial charge in [-0.25, -0.2) is 0 Å². The van der Waals surface area contributed by atoms with Gasteiger partial charge in [0, 0.05) is 61.2 Å². The second-order valence-corrected chi connectivity index (χ2v) is 18.0. The number of benzene rings is 9. The number of aryl methyl sites for hydroxylation is 7. The van der Waals surface area contributed by atoms with Crippen LogP contribution in [0, 0.1) is 62.3 Å². The summed E-state index contributed by atoms with van der Waals surface area (Å²) in [6.07, 6.45) is 0. The molecule has 2 aromatic heterocycles. The van der Waals surface area contributed by atoms with Crippen LogP contribution in [0.1, 0.15) is 50.1 Å². The van der Waals surface area contributed by atoms with E-state index < -0.39 is 0 Å². The van der Waals surface area contributed by atoms with E-state index in [1.165, 1.54) is 55.3 Å². The maximum absolute atomic E-state index is 6.78. The number of nitrogens with zero attached hydrogens (tertiary/aromatic N) is 2. The van der Waals surface area contributed by atoms with E-state index in [9.17, 15) is 0 Å². The van der Waals surface area contributed by atoms with E-state index in [1.54, 1.807) is 0 Å². The van der Waals surface area contributed by atoms with Crippen LogP contribution in [0.4, 0.5) is 34.1 Å². The Morgan fingerprint density at radius 3 is 1.03 bits per heavy atom. The average Bonchev–Trinajstić information content (AvgIpc) is 3.82. The van der Waals surface area contributed by atoms with Crippen LogP contribution in [0.15, 0.2) is 148 Å². The van der Waals surface area contributed by atoms with Gasteiger partial charge in [-0.3, -0.25) is 0 Å². The van der Waals surface area contributed by atoms with Gasteiger partial charge in [0.15, 0.2) is 0 Å². The standard InChI is InChI=1S/C59H50N2O2/c1-33-10-16-46(17-11-33)60(50-22-35(3)39(7)36(4)23-50)48-20-14-42-28-52-54-32-55-53-29-43-15-21-49(61(47-18-12-34(2)13-19-47)51-24-37(5)40(8)38(6)25-51)27-45(43)31-57(53)63-59(55)41(9)58(54)62-56(52)30-44(42)26-48/h10-32H,1-9H3. The van der Waals surface area contributed by atoms with Gasteiger partial charge < -0.3 is 18.6 Å². The molecule has 2 heterocycles. The molecule has 0 radical (unpaired) electrons. The summed E-state index contributed by atoms with van der Waals surface area (Å²) in [5.74, 6) is 0. The smallest absolute Gasteiger partial charge is 0.142 e. The summed E-state index contributed by atoms with van der Waals surface area (Å²) in [4.78, 5) is 4.72. The zero-order chi connectivity index (χ0) is 43.4. The number of fused-ring (bicyclic) bond motifs is 8. The molecule has 0 unspecified atom stereocenters. The van der Waals surface area contributed by atoms with E-state index >= 15 is 0 Å². The summed E-state index contributed by atoms with van der Waals surface area (Å²) in [6, 6.07) is 51.6. The van der Waals surface area contributed by atoms with Crippen molar-refractivity contribution in [1.29, 1.82) is 0 Å². The summed E-state index contributed by atoms with van der Waals surface area (Å²) in [7, 11) is 0. The van der Waals surface area contributed by atoms with Gasteiger partial charge in [-0.2, -0.15) is 0 Å². The summed E-state index contributed by atoms with van der Waals surface area (Å²) in [6.45, 7) is 19.6. The molecule has 0 amide bonds. The van der Waals surface area contributed by atoms with Crippen molar-refractivity contribution in [1.82, 2.24) is 0 Å². The number of anilines is 6. The van der Waals surface area contributed by atoms with E-state index in [0.29, 0.717) is 0 Å². The molecule has 0 bridgehead atoms. The lowest BCUT2D eigenvalue weighted by Gasteiger charge is -2.27. The summed E-state index contributed by atoms with van der Waals surface area (Å²) in [5.41, 5.74) is 21.5. The van der Waals surface area contributed by atoms with Crippen molar-refractivity contribution in [3.05, 3.63) is 190 Å². The average molecular weight is 819 g/mol. The normalized spacial score (nSPS) is 11.9. The fourth-order valence-electron chi connectivity index (χ4n) is 9.63. The Kier molecular flexibility index (Phi) is 8.82. The van der Waals surface area contributed by atoms with Crippen molar-refractivity contribution in [2.75, 3.05) is 9.80 Å². The number of hydrogen-bond acceptors (Lipinski definition) is 4. The van der Waals surface area contributed by atoms with Gasteiger partial charge in [-0.05, 0) is 220 Å². The van der Waals surface area contributed by atoms with E-state index in [4.69, 9.17) is 8.83 Å². The molecular weight excluding hydrogens is 769 g/mol. The maximum atomic E-state index is 6.78. The monoisotopic (exact) mass is 818 g/mol. The third kappa shape index (κ3) is 6.35. The first-order valence-corrected chi connectivity index (χ1v) is 22.0. The lowest BCUT2D eigenvalue weighted by atomic mass is 10.00. The molecule has 0 aliphatic carbocycles. The SMILES string of the molecule is Cc1ccc(N(c2cc(C)c(C)c(C)c2)c2ccc3cc4c(cc3c2)oc2c(C)c3oc5cc6cc(N(c7ccc(C)cc7)c7cc(C)c(C)c(C)c7)ccc6cc5c3cc24)cc1. The Bertz CT molecular complexity index is 3380. The van der Waals surface area contributed by atoms with Gasteiger partial charge in [0.05, 0.1) is 0 Å². The highest BCUT2D eigenvalue weighted by Gasteiger charge is 2.21. The molecule has 11 aromatic rings. The third-order valence-electron chi connectivity index (χ3n) is 13.7. The molecule has 4 heteroatoms. The van der Waals surface area contributed by atoms with Crippen LogP contribution >= 0.6 is 0 Å². The van der Waals surface area contributed by atoms with Gasteiger partial charge in [-0.1, -0.05) is 47.5 Å². The first kappa shape index (κ1) is 38.6. The highest BCUT2D eigenvalue weighted by molar-refractivity contribution is 6.20. The van der Waals surface area contributed by atoms with Gasteiger partial charge in [0.1, 0.15) is 22.3 Å². The quantitative estimate of drug-likeness (QED) is 0.167. The van der Waals surface area contributed by atoms with Crippen LogP contribution in [0.3, 0.4) is 0 Å². The predicted molar refractivity (Wildman–Crippen MR) is 268 cm³/mol. The molecule has 9 aromatic carbocycles. The summed E-state index contributed by atoms with van der Waals surface area (Å²) < 4.78 is 13.6. The van der Waals surface area contributed by atoms with Crippen molar-refractivity contribution in [3.63, 3.8) is 0 Å². The van der Waals surface area contributed by atoms with Gasteiger partial charge >= 0.3 is 0 Å². The molecule has 63 heavy (non-hydrogen) atoms. The lowest BCUT2D eigenvalue weighted by molar-refractivity contribution is 0.651. The van der Waals surface area contributed by atoms with Gasteiger partial charge in [0.25, 0.3) is 0 Å². The minimum Gasteiger partial charge on any atom is -0.456 e. The van der Waals surface area contributed by atoms with Crippen LogP contribution in [0.25, 0.3) is 65.4 Å². The van der Waals surface area contributed by atoms with Crippen molar-refractivity contribution < 1.29 is 8.83 Å². The van der Waals surface area contributed by atoms with E-state index in [0.717, 1.165) is 94.3 Å². The number of furan rings is 2. The lowest BCUT2D eigenvalue weighted by Crippen LogP contribution is -2.11. The fourth-order valence-corrected chi connectivity index (χ4v) is 9.63. The summed E-state index contributed by atoms with van der Waals surface area (Å²) in [5, 5.41) is 9.00. The molecule has 0 spiro atoms. The number of hydrogen-bond donors (Lipinski definition) is 0. The Balaban J connectivity index is 1.02. The highest BCUT2D eigenvalue weighted by atomic mass is 16.3. The van der Waals surface area contributed by atoms with Crippen LogP contribution in [0.2, 0.25) is 0 Å². The van der Waals surface area contributed by atoms with Crippen molar-refractivity contribution >= 4 is 99.5 Å². The van der Waals surface area contributed by atoms with Crippen molar-refractivity contribution in [2.24, 2.45) is 0 Å². The molecular formula is C59H50N2O2. The molecule has 0 saturated heterocycles. The Morgan fingerprint density at radius 2 is 0.651 bits per heavy atom. The molecule has 0 aliphatic rings. The van der Waals surface area contributed by atoms with Gasteiger partial charge in [0.2, 0.25) is 0 Å². The number of rotatable bonds is 6. The molecule has 0 N–H and O–H groups in total. The molecule has 308 valence electrons. The van der Waals surface area contributed by atoms with Crippen LogP contribution < -0.4 is 9.80 Å². The largest absolute Gasteiger partial charge is 0.456 e. The fraction of sp³-hybridized carbons (Fsp3) is 0.153. The Hall–Kier alpha value is -7.30. The van der Waals surface area contributed by atoms with E-state index in [1.807, 2.05) is 0 Å². The molecule has 0 atom stereocenters. The van der Waals surface area contributed by atoms with E-state index in [2.05, 4.69) is 212 Å². The molecule has 11 rings (SSSR count). The minimum atomic E-state index is 0.864. The van der Waals surface area contributed by atoms with Crippen LogP contribution in [0.5, 0.6) is 0 Å². The predicted octanol–water partition coefficient (Wildman–Crippen LogP) is 17.5. The first-order valence-electron chi connectivity index (χ1n) is 22.0. The second kappa shape index (κ2) is 14.4. The Morgan fingerprint density at radius 1 is 0.286 bits per heavy atom. The molecule has 0 fully saturated rings. The van der Waals surface area contributed by atoms with Crippen LogP contribution in [-0.2, 0) is 0 Å². The summed E-state index contributed by atoms with van der Waals surface area (Å²) >= 11 is 0. The topological polar surface area (TPSA) is 32.8 Å². The van der Waals surface area contributed by atoms with Crippen molar-refractivity contribution in [2.45, 2.75) is 62.3 Å². The zero-order valence-electron chi connectivity index (χ0n) is 37.5. The van der Waals surface area contributed by atoms with Crippen LogP contribution in [-0.4, -0.2) is 0 Å². The molecule has 0 saturated carbocycles. The van der Waals surface area contributed by atoms with Crippen molar-refractivity contribution in [3.8, 4) is 0 Å². The second-order valence-electron chi connectivity index (χ2n) is 18.0. The molecule has 4 nitrogen and oxygen atoms in total. The third-order valence-corrected chi connectivity index (χ3v) is 13.7. The maximum Gasteiger partial charge on any atom is 0.142 e. The zero-order valence-corrected chi connectivity index (χ0v) is 37.5. The van der Waals surface area contributed by atoms with E-state index in [-0.39, 0.29) is 0 Å². The highest BCUT2D eigenvalue weighted by Crippen LogP contribution is 2.44.